The van der Waals surface area contributed by atoms with Crippen LogP contribution in [0.5, 0.6) is 0 Å². The molecular weight excluding hydrogens is 739 g/mol. The molecule has 4 aliphatic rings. The Kier molecular flexibility index (Phi) is 9.80. The second-order valence-corrected chi connectivity index (χ2v) is 17.1. The third-order valence-electron chi connectivity index (χ3n) is 13.5. The van der Waals surface area contributed by atoms with Crippen LogP contribution in [0.15, 0.2) is 207 Å². The number of hydrogen-bond donors (Lipinski definition) is 1. The monoisotopic (exact) mass is 789 g/mol. The van der Waals surface area contributed by atoms with Gasteiger partial charge in [0.25, 0.3) is 0 Å². The quantitative estimate of drug-likeness (QED) is 0.134. The fourth-order valence-electron chi connectivity index (χ4n) is 10.6. The molecule has 61 heavy (non-hydrogen) atoms. The van der Waals surface area contributed by atoms with Gasteiger partial charge in [0, 0.05) is 30.1 Å². The van der Waals surface area contributed by atoms with Gasteiger partial charge in [-0.05, 0) is 126 Å². The van der Waals surface area contributed by atoms with Crippen LogP contribution in [0.3, 0.4) is 0 Å². The van der Waals surface area contributed by atoms with Crippen molar-refractivity contribution in [1.82, 2.24) is 0 Å². The third-order valence-corrected chi connectivity index (χ3v) is 13.5. The highest BCUT2D eigenvalue weighted by Gasteiger charge is 2.47. The van der Waals surface area contributed by atoms with Crippen LogP contribution in [0.1, 0.15) is 65.6 Å². The molecular formula is C59H51NO. The summed E-state index contributed by atoms with van der Waals surface area (Å²) in [6.07, 6.45) is 17.0. The van der Waals surface area contributed by atoms with Crippen LogP contribution in [0.4, 0.5) is 5.69 Å². The Morgan fingerprint density at radius 3 is 2.11 bits per heavy atom. The molecule has 2 nitrogen and oxygen atoms in total. The number of anilines is 1. The molecule has 0 bridgehead atoms. The second-order valence-electron chi connectivity index (χ2n) is 17.1. The maximum Gasteiger partial charge on any atom is 0.106 e. The van der Waals surface area contributed by atoms with Gasteiger partial charge in [0.05, 0.1) is 11.2 Å². The van der Waals surface area contributed by atoms with Crippen LogP contribution >= 0.6 is 0 Å². The molecule has 0 fully saturated rings. The largest absolute Gasteiger partial charge is 0.496 e. The summed E-state index contributed by atoms with van der Waals surface area (Å²) in [4.78, 5) is 0. The maximum absolute atomic E-state index is 6.88. The fraction of sp³-hybridized carbons (Fsp3) is 0.153. The first kappa shape index (κ1) is 38.3. The van der Waals surface area contributed by atoms with Crippen molar-refractivity contribution in [1.29, 1.82) is 0 Å². The van der Waals surface area contributed by atoms with E-state index < -0.39 is 0 Å². The molecule has 0 saturated carbocycles. The van der Waals surface area contributed by atoms with Crippen LogP contribution in [0.2, 0.25) is 0 Å². The van der Waals surface area contributed by atoms with Gasteiger partial charge >= 0.3 is 0 Å². The lowest BCUT2D eigenvalue weighted by Gasteiger charge is -2.38. The van der Waals surface area contributed by atoms with Crippen LogP contribution in [-0.4, -0.2) is 6.61 Å². The standard InChI is InChI=1S/C57H47NO.C2H4/c1-56(2)53-35-40(44-24-14-19-38-17-5-7-21-43(38)44)29-31-47(53)48-32-30-42(36-54(48)56)58-33-13-3-4-16-39-20-15-27-52-49(39)34-41-18-6-12-28-55(41)59-37-57(52)50-25-10-8-22-45(50)46-23-9-11-26-51(46)57;1-2/h3-11,13-15,17-27,29-33,35-36,58H,12,16,28,34,37H2,1-2H3;1-2H2/b4-3-,33-13+;. The number of nitrogens with one attached hydrogen (secondary N) is 1. The summed E-state index contributed by atoms with van der Waals surface area (Å²) in [5.74, 6) is 1.16. The van der Waals surface area contributed by atoms with E-state index in [0.29, 0.717) is 6.61 Å². The van der Waals surface area contributed by atoms with E-state index in [1.54, 1.807) is 0 Å². The topological polar surface area (TPSA) is 21.3 Å². The number of rotatable bonds is 6. The number of hydrogen-bond acceptors (Lipinski definition) is 2. The van der Waals surface area contributed by atoms with E-state index in [2.05, 4.69) is 214 Å². The molecule has 1 heterocycles. The first-order valence-electron chi connectivity index (χ1n) is 21.7. The average Bonchev–Trinajstić information content (AvgIpc) is 3.72. The van der Waals surface area contributed by atoms with Crippen molar-refractivity contribution >= 4 is 16.5 Å². The summed E-state index contributed by atoms with van der Waals surface area (Å²) in [7, 11) is 0. The Morgan fingerprint density at radius 2 is 1.30 bits per heavy atom. The maximum atomic E-state index is 6.88. The fourth-order valence-corrected chi connectivity index (χ4v) is 10.6. The number of fused-ring (bicyclic) bond motifs is 11. The third kappa shape index (κ3) is 6.32. The molecule has 1 N–H and O–H groups in total. The molecule has 1 spiro atoms. The minimum atomic E-state index is -0.364. The highest BCUT2D eigenvalue weighted by molar-refractivity contribution is 5.97. The van der Waals surface area contributed by atoms with Gasteiger partial charge in [-0.15, -0.1) is 13.2 Å². The molecule has 0 radical (unpaired) electrons. The number of ether oxygens (including phenoxy) is 1. The summed E-state index contributed by atoms with van der Waals surface area (Å²) >= 11 is 0. The zero-order chi connectivity index (χ0) is 41.6. The predicted octanol–water partition coefficient (Wildman–Crippen LogP) is 14.8. The smallest absolute Gasteiger partial charge is 0.106 e. The summed E-state index contributed by atoms with van der Waals surface area (Å²) < 4.78 is 6.88. The molecule has 0 aromatic heterocycles. The zero-order valence-corrected chi connectivity index (χ0v) is 35.2. The van der Waals surface area contributed by atoms with Gasteiger partial charge in [0.1, 0.15) is 6.61 Å². The summed E-state index contributed by atoms with van der Waals surface area (Å²) in [6, 6.07) is 54.1. The summed E-state index contributed by atoms with van der Waals surface area (Å²) in [6.45, 7) is 11.3. The van der Waals surface area contributed by atoms with E-state index in [-0.39, 0.29) is 10.8 Å². The van der Waals surface area contributed by atoms with Gasteiger partial charge in [-0.3, -0.25) is 0 Å². The van der Waals surface area contributed by atoms with Gasteiger partial charge in [-0.25, -0.2) is 0 Å². The SMILES string of the molecule is C=C.CC1(C)c2cc(N/C=C/C=C\Cc3cccc4c3CC3=C(CCC=C3)OCC43c4ccccc4-c4ccccc43)ccc2-c2ccc(-c3cccc4ccccc34)cc21. The van der Waals surface area contributed by atoms with Crippen molar-refractivity contribution in [2.45, 2.75) is 50.4 Å². The molecule has 7 aromatic carbocycles. The van der Waals surface area contributed by atoms with E-state index in [4.69, 9.17) is 4.74 Å². The number of benzene rings is 7. The van der Waals surface area contributed by atoms with E-state index in [1.165, 1.54) is 88.7 Å². The van der Waals surface area contributed by atoms with Crippen molar-refractivity contribution in [3.8, 4) is 33.4 Å². The van der Waals surface area contributed by atoms with Gasteiger partial charge in [0.15, 0.2) is 0 Å². The van der Waals surface area contributed by atoms with Gasteiger partial charge < -0.3 is 10.1 Å². The van der Waals surface area contributed by atoms with Crippen LogP contribution < -0.4 is 5.32 Å². The highest BCUT2D eigenvalue weighted by atomic mass is 16.5. The Balaban J connectivity index is 0.00000220. The van der Waals surface area contributed by atoms with Gasteiger partial charge in [-0.2, -0.15) is 0 Å². The molecule has 0 saturated heterocycles. The molecule has 0 atom stereocenters. The predicted molar refractivity (Wildman–Crippen MR) is 257 cm³/mol. The van der Waals surface area contributed by atoms with Crippen molar-refractivity contribution in [3.63, 3.8) is 0 Å². The minimum Gasteiger partial charge on any atom is -0.496 e. The molecule has 0 amide bonds. The van der Waals surface area contributed by atoms with E-state index in [1.807, 2.05) is 0 Å². The van der Waals surface area contributed by atoms with Crippen LogP contribution in [0.25, 0.3) is 44.2 Å². The van der Waals surface area contributed by atoms with Crippen molar-refractivity contribution < 1.29 is 4.74 Å². The lowest BCUT2D eigenvalue weighted by atomic mass is 9.69. The lowest BCUT2D eigenvalue weighted by Crippen LogP contribution is -2.35. The Hall–Kier alpha value is -6.90. The van der Waals surface area contributed by atoms with E-state index in [0.717, 1.165) is 37.1 Å². The van der Waals surface area contributed by atoms with Crippen molar-refractivity contribution in [2.75, 3.05) is 11.9 Å². The van der Waals surface area contributed by atoms with E-state index >= 15 is 0 Å². The normalized spacial score (nSPS) is 16.1. The molecule has 3 aliphatic carbocycles. The Labute approximate surface area is 361 Å². The molecule has 11 rings (SSSR count). The molecule has 298 valence electrons. The lowest BCUT2D eigenvalue weighted by molar-refractivity contribution is 0.163. The van der Waals surface area contributed by atoms with Crippen molar-refractivity contribution in [3.05, 3.63) is 246 Å². The molecule has 2 heteroatoms. The summed E-state index contributed by atoms with van der Waals surface area (Å²) in [5.41, 5.74) is 19.4. The molecule has 1 aliphatic heterocycles. The number of allylic oxidation sites excluding steroid dienone is 7. The second kappa shape index (κ2) is 15.6. The first-order chi connectivity index (χ1) is 30.0. The van der Waals surface area contributed by atoms with Crippen LogP contribution in [-0.2, 0) is 28.4 Å². The van der Waals surface area contributed by atoms with Gasteiger partial charge in [-0.1, -0.05) is 166 Å². The van der Waals surface area contributed by atoms with E-state index in [9.17, 15) is 0 Å². The first-order valence-corrected chi connectivity index (χ1v) is 21.7. The van der Waals surface area contributed by atoms with Gasteiger partial charge in [0.2, 0.25) is 0 Å². The highest BCUT2D eigenvalue weighted by Crippen LogP contribution is 2.55. The average molecular weight is 790 g/mol. The molecule has 7 aromatic rings. The Bertz CT molecular complexity index is 2920. The Morgan fingerprint density at radius 1 is 0.639 bits per heavy atom. The van der Waals surface area contributed by atoms with Crippen LogP contribution in [0, 0.1) is 0 Å². The van der Waals surface area contributed by atoms with Crippen molar-refractivity contribution in [2.24, 2.45) is 0 Å². The molecule has 0 unspecified atom stereocenters. The zero-order valence-electron chi connectivity index (χ0n) is 35.2. The minimum absolute atomic E-state index is 0.114. The summed E-state index contributed by atoms with van der Waals surface area (Å²) in [5, 5.41) is 6.15.